The number of hydrogen-bond donors (Lipinski definition) is 0. The summed E-state index contributed by atoms with van der Waals surface area (Å²) in [6.45, 7) is 0. The molecule has 0 unspecified atom stereocenters. The molecule has 0 saturated heterocycles. The molecule has 0 spiro atoms. The molecule has 0 aromatic heterocycles. The fourth-order valence-corrected chi connectivity index (χ4v) is 0. The van der Waals surface area contributed by atoms with Gasteiger partial charge in [0.05, 0.1) is 0 Å². The van der Waals surface area contributed by atoms with Crippen LogP contribution >= 0.6 is 0 Å². The van der Waals surface area contributed by atoms with E-state index in [9.17, 15) is 0 Å². The van der Waals surface area contributed by atoms with Crippen LogP contribution in [0.1, 0.15) is 0 Å². The van der Waals surface area contributed by atoms with Crippen LogP contribution in [0.25, 0.3) is 0 Å². The van der Waals surface area contributed by atoms with Crippen molar-refractivity contribution in [3.05, 3.63) is 6.42 Å². The largest absolute Gasteiger partial charge is 1.00 e. The van der Waals surface area contributed by atoms with Crippen LogP contribution < -0.4 is 18.9 Å². The Morgan fingerprint density at radius 1 is 1.60 bits per heavy atom. The van der Waals surface area contributed by atoms with Crippen molar-refractivity contribution < 1.29 is 18.9 Å². The third-order valence-corrected chi connectivity index (χ3v) is 0.0559. The second-order valence-electron chi connectivity index (χ2n) is 0.237. The number of hydrogen-bond acceptors (Lipinski definition) is 1. The van der Waals surface area contributed by atoms with Crippen molar-refractivity contribution in [1.82, 2.24) is 0 Å². The van der Waals surface area contributed by atoms with Crippen LogP contribution in [-0.4, -0.2) is 0 Å². The van der Waals surface area contributed by atoms with Gasteiger partial charge in [-0.2, -0.15) is 0 Å². The first kappa shape index (κ1) is 8.82. The summed E-state index contributed by atoms with van der Waals surface area (Å²) in [7, 11) is 0. The zero-order valence-corrected chi connectivity index (χ0v) is 2.95. The summed E-state index contributed by atoms with van der Waals surface area (Å²) in [5.41, 5.74) is 0. The van der Waals surface area contributed by atoms with Crippen molar-refractivity contribution in [2.75, 3.05) is 0 Å². The van der Waals surface area contributed by atoms with Crippen LogP contribution in [0.5, 0.6) is 0 Å². The summed E-state index contributed by atoms with van der Waals surface area (Å²) < 4.78 is 0. The zero-order valence-electron chi connectivity index (χ0n) is 2.95. The first-order valence-corrected chi connectivity index (χ1v) is 0.724. The van der Waals surface area contributed by atoms with E-state index in [4.69, 9.17) is 11.7 Å². The van der Waals surface area contributed by atoms with E-state index < -0.39 is 0 Å². The van der Waals surface area contributed by atoms with Crippen LogP contribution in [0.4, 0.5) is 0 Å². The fraction of sp³-hybridized carbons (Fsp3) is 0. The van der Waals surface area contributed by atoms with Gasteiger partial charge in [-0.25, -0.2) is 5.92 Å². The summed E-state index contributed by atoms with van der Waals surface area (Å²) >= 11 is 0. The summed E-state index contributed by atoms with van der Waals surface area (Å²) in [4.78, 5) is 0. The molecule has 1 nitrogen and oxygen atoms in total. The summed E-state index contributed by atoms with van der Waals surface area (Å²) in [5, 5.41) is 7.33. The third-order valence-electron chi connectivity index (χ3n) is 0.0559. The van der Waals surface area contributed by atoms with Crippen LogP contribution in [0.2, 0.25) is 0 Å². The predicted molar refractivity (Wildman–Crippen MR) is 12.7 cm³/mol. The van der Waals surface area contributed by atoms with Gasteiger partial charge in [0.1, 0.15) is 0 Å². The smallest absolute Gasteiger partial charge is 0.356 e. The minimum atomic E-state index is 0. The van der Waals surface area contributed by atoms with E-state index in [0.29, 0.717) is 0 Å². The molecule has 0 aliphatic rings. The Balaban J connectivity index is 0. The SMILES string of the molecule is [C-]#CC#N.[Li+]. The molecular formula is C3LiN. The Morgan fingerprint density at radius 3 is 1.80 bits per heavy atom. The van der Waals surface area contributed by atoms with Gasteiger partial charge in [-0.1, -0.05) is 6.07 Å². The monoisotopic (exact) mass is 57.0 g/mol. The van der Waals surface area contributed by atoms with Crippen molar-refractivity contribution in [3.63, 3.8) is 0 Å². The molecule has 5 heavy (non-hydrogen) atoms. The molecule has 18 valence electrons. The molecule has 0 atom stereocenters. The van der Waals surface area contributed by atoms with Gasteiger partial charge >= 0.3 is 18.9 Å². The number of nitrogens with zero attached hydrogens (tertiary/aromatic N) is 1. The predicted octanol–water partition coefficient (Wildman–Crippen LogP) is -2.90. The van der Waals surface area contributed by atoms with Gasteiger partial charge in [-0.15, -0.1) is 0 Å². The fourth-order valence-electron chi connectivity index (χ4n) is 0. The normalized spacial score (nSPS) is 2.00. The van der Waals surface area contributed by atoms with E-state index in [1.165, 1.54) is 12.0 Å². The van der Waals surface area contributed by atoms with Crippen LogP contribution in [0.3, 0.4) is 0 Å². The van der Waals surface area contributed by atoms with Gasteiger partial charge in [0.25, 0.3) is 0 Å². The van der Waals surface area contributed by atoms with E-state index in [0.717, 1.165) is 0 Å². The Kier molecular flexibility index (Phi) is 16.6. The molecule has 2 heteroatoms. The van der Waals surface area contributed by atoms with E-state index >= 15 is 0 Å². The van der Waals surface area contributed by atoms with Gasteiger partial charge in [0, 0.05) is 0 Å². The van der Waals surface area contributed by atoms with Gasteiger partial charge in [0.15, 0.2) is 0 Å². The maximum Gasteiger partial charge on any atom is 1.00 e. The minimum absolute atomic E-state index is 0. The van der Waals surface area contributed by atoms with Crippen molar-refractivity contribution in [2.24, 2.45) is 0 Å². The molecule has 0 saturated carbocycles. The second kappa shape index (κ2) is 9.42. The number of rotatable bonds is 0. The Bertz CT molecular complexity index is 61.9. The maximum absolute atomic E-state index is 7.33. The third kappa shape index (κ3) is 23.6. The molecule has 0 radical (unpaired) electrons. The molecule has 0 aromatic rings. The van der Waals surface area contributed by atoms with Crippen molar-refractivity contribution in [1.29, 1.82) is 5.26 Å². The first-order valence-electron chi connectivity index (χ1n) is 0.724. The molecule has 0 fully saturated rings. The van der Waals surface area contributed by atoms with Crippen molar-refractivity contribution in [3.8, 4) is 12.0 Å². The van der Waals surface area contributed by atoms with E-state index in [1.807, 2.05) is 0 Å². The van der Waals surface area contributed by atoms with Crippen LogP contribution in [0, 0.1) is 23.7 Å². The molecule has 0 amide bonds. The molecule has 0 bridgehead atoms. The number of nitriles is 1. The molecular weight excluding hydrogens is 57.0 g/mol. The van der Waals surface area contributed by atoms with Crippen LogP contribution in [-0.2, 0) is 0 Å². The maximum atomic E-state index is 7.33. The molecule has 0 N–H and O–H groups in total. The van der Waals surface area contributed by atoms with Crippen LogP contribution in [0.15, 0.2) is 0 Å². The summed E-state index contributed by atoms with van der Waals surface area (Å²) in [6, 6.07) is 1.35. The summed E-state index contributed by atoms with van der Waals surface area (Å²) in [5.74, 6) is 1.49. The zero-order chi connectivity index (χ0) is 3.41. The quantitative estimate of drug-likeness (QED) is 0.166. The average Bonchev–Trinajstić information content (AvgIpc) is 1.37. The second-order valence-corrected chi connectivity index (χ2v) is 0.237. The summed E-state index contributed by atoms with van der Waals surface area (Å²) in [6.07, 6.45) is 5.84. The average molecular weight is 57.0 g/mol. The Morgan fingerprint density at radius 2 is 1.80 bits per heavy atom. The van der Waals surface area contributed by atoms with E-state index in [1.54, 1.807) is 0 Å². The molecule has 0 aromatic carbocycles. The molecule has 0 rings (SSSR count). The Labute approximate surface area is 43.2 Å². The van der Waals surface area contributed by atoms with E-state index in [2.05, 4.69) is 0 Å². The Hall–Kier alpha value is -0.353. The van der Waals surface area contributed by atoms with E-state index in [-0.39, 0.29) is 18.9 Å². The standard InChI is InChI=1S/C3N.Li/c1-2-3-4;/q-1;+1. The van der Waals surface area contributed by atoms with Gasteiger partial charge in [-0.3, -0.25) is 0 Å². The molecule has 0 heterocycles. The van der Waals surface area contributed by atoms with Gasteiger partial charge < -0.3 is 11.7 Å². The van der Waals surface area contributed by atoms with Crippen molar-refractivity contribution >= 4 is 0 Å². The van der Waals surface area contributed by atoms with Gasteiger partial charge in [-0.05, 0) is 0 Å². The first-order chi connectivity index (χ1) is 1.91. The van der Waals surface area contributed by atoms with Gasteiger partial charge in [0.2, 0.25) is 0 Å². The minimum Gasteiger partial charge on any atom is -0.356 e. The topological polar surface area (TPSA) is 23.8 Å². The molecule has 0 aliphatic heterocycles. The van der Waals surface area contributed by atoms with Crippen molar-refractivity contribution in [2.45, 2.75) is 0 Å². The molecule has 0 aliphatic carbocycles.